The van der Waals surface area contributed by atoms with Gasteiger partial charge in [0.2, 0.25) is 0 Å². The topological polar surface area (TPSA) is 20.2 Å². The average molecular weight is 397 g/mol. The van der Waals surface area contributed by atoms with E-state index in [1.807, 2.05) is 18.2 Å². The van der Waals surface area contributed by atoms with Crippen molar-refractivity contribution in [2.45, 2.75) is 44.4 Å². The van der Waals surface area contributed by atoms with Gasteiger partial charge in [0.1, 0.15) is 5.75 Å². The first-order valence-electron chi connectivity index (χ1n) is 9.80. The zero-order chi connectivity index (χ0) is 17.0. The van der Waals surface area contributed by atoms with Crippen molar-refractivity contribution in [3.8, 4) is 16.9 Å². The first-order valence-corrected chi connectivity index (χ1v) is 10.6. The maximum Gasteiger partial charge on any atom is 0.126 e. The van der Waals surface area contributed by atoms with Gasteiger partial charge in [0, 0.05) is 10.0 Å². The minimum absolute atomic E-state index is 0.513. The van der Waals surface area contributed by atoms with Crippen LogP contribution in [0.3, 0.4) is 0 Å². The van der Waals surface area contributed by atoms with E-state index in [9.17, 15) is 5.11 Å². The Hall–Kier alpha value is -1.28. The second-order valence-electron chi connectivity index (χ2n) is 8.37. The van der Waals surface area contributed by atoms with Crippen LogP contribution in [0.5, 0.6) is 5.75 Å². The minimum atomic E-state index is 0.513. The molecule has 0 heterocycles. The van der Waals surface area contributed by atoms with Gasteiger partial charge in [-0.3, -0.25) is 0 Å². The summed E-state index contributed by atoms with van der Waals surface area (Å²) in [6.45, 7) is 0. The number of phenols is 1. The molecule has 3 aliphatic carbocycles. The highest BCUT2D eigenvalue weighted by atomic mass is 79.9. The fourth-order valence-corrected chi connectivity index (χ4v) is 6.81. The van der Waals surface area contributed by atoms with E-state index in [0.29, 0.717) is 11.7 Å². The lowest BCUT2D eigenvalue weighted by Gasteiger charge is -2.39. The summed E-state index contributed by atoms with van der Waals surface area (Å²) < 4.78 is 1.09. The maximum absolute atomic E-state index is 11.1. The van der Waals surface area contributed by atoms with E-state index >= 15 is 0 Å². The summed E-state index contributed by atoms with van der Waals surface area (Å²) in [6.07, 6.45) is 8.41. The molecule has 2 bridgehead atoms. The van der Waals surface area contributed by atoms with Crippen molar-refractivity contribution in [2.75, 3.05) is 0 Å². The number of hydrogen-bond donors (Lipinski definition) is 1. The summed E-state index contributed by atoms with van der Waals surface area (Å²) in [6, 6.07) is 14.5. The zero-order valence-corrected chi connectivity index (χ0v) is 16.1. The number of fused-ring (bicyclic) bond motifs is 5. The number of aromatic hydroxyl groups is 1. The third-order valence-electron chi connectivity index (χ3n) is 7.27. The van der Waals surface area contributed by atoms with E-state index in [0.717, 1.165) is 39.3 Å². The van der Waals surface area contributed by atoms with Crippen LogP contribution in [-0.4, -0.2) is 5.11 Å². The minimum Gasteiger partial charge on any atom is -0.507 e. The smallest absolute Gasteiger partial charge is 0.126 e. The Morgan fingerprint density at radius 3 is 2.44 bits per heavy atom. The number of rotatable bonds is 2. The average Bonchev–Trinajstić information content (AvgIpc) is 3.24. The molecule has 0 aromatic heterocycles. The quantitative estimate of drug-likeness (QED) is 0.594. The van der Waals surface area contributed by atoms with Crippen LogP contribution < -0.4 is 0 Å². The third-order valence-corrected chi connectivity index (χ3v) is 7.72. The Balaban J connectivity index is 1.54. The molecule has 2 heteroatoms. The van der Waals surface area contributed by atoms with Crippen LogP contribution in [-0.2, 0) is 0 Å². The molecule has 3 saturated carbocycles. The predicted octanol–water partition coefficient (Wildman–Crippen LogP) is 6.75. The molecule has 2 aromatic carbocycles. The van der Waals surface area contributed by atoms with Crippen LogP contribution in [0.1, 0.15) is 50.0 Å². The van der Waals surface area contributed by atoms with Gasteiger partial charge in [-0.05, 0) is 78.5 Å². The Morgan fingerprint density at radius 2 is 1.64 bits per heavy atom. The van der Waals surface area contributed by atoms with E-state index in [2.05, 4.69) is 40.2 Å². The fraction of sp³-hybridized carbons (Fsp3) is 0.478. The molecular weight excluding hydrogens is 372 g/mol. The van der Waals surface area contributed by atoms with Gasteiger partial charge >= 0.3 is 0 Å². The molecule has 3 fully saturated rings. The van der Waals surface area contributed by atoms with Crippen molar-refractivity contribution < 1.29 is 5.11 Å². The second kappa shape index (κ2) is 6.16. The van der Waals surface area contributed by atoms with E-state index < -0.39 is 0 Å². The summed E-state index contributed by atoms with van der Waals surface area (Å²) in [7, 11) is 0. The first-order chi connectivity index (χ1) is 12.2. The lowest BCUT2D eigenvalue weighted by Crippen LogP contribution is -2.29. The molecule has 3 aliphatic rings. The lowest BCUT2D eigenvalue weighted by molar-refractivity contribution is 0.141. The van der Waals surface area contributed by atoms with Crippen LogP contribution in [0.25, 0.3) is 11.1 Å². The van der Waals surface area contributed by atoms with Crippen molar-refractivity contribution in [1.82, 2.24) is 0 Å². The molecule has 25 heavy (non-hydrogen) atoms. The standard InChI is InChI=1S/C23H25BrO/c24-16-12-19(14-6-2-1-3-7-14)23(25)22(13-16)21-11-15-10-20(21)18-9-5-4-8-17(15)18/h1-3,6-7,12-13,15,17-18,20-21,25H,4-5,8-11H2. The van der Waals surface area contributed by atoms with E-state index in [4.69, 9.17) is 0 Å². The van der Waals surface area contributed by atoms with Gasteiger partial charge in [-0.25, -0.2) is 0 Å². The normalized spacial score (nSPS) is 33.4. The lowest BCUT2D eigenvalue weighted by atomic mass is 9.66. The first kappa shape index (κ1) is 15.9. The van der Waals surface area contributed by atoms with Crippen molar-refractivity contribution in [3.05, 3.63) is 52.5 Å². The van der Waals surface area contributed by atoms with Gasteiger partial charge in [0.15, 0.2) is 0 Å². The fourth-order valence-electron chi connectivity index (χ4n) is 6.34. The number of hydrogen-bond acceptors (Lipinski definition) is 1. The van der Waals surface area contributed by atoms with Crippen molar-refractivity contribution >= 4 is 15.9 Å². The molecule has 0 saturated heterocycles. The molecule has 5 rings (SSSR count). The Morgan fingerprint density at radius 1 is 0.880 bits per heavy atom. The van der Waals surface area contributed by atoms with E-state index in [-0.39, 0.29) is 0 Å². The summed E-state index contributed by atoms with van der Waals surface area (Å²) in [5.74, 6) is 4.65. The van der Waals surface area contributed by atoms with Crippen LogP contribution in [0.2, 0.25) is 0 Å². The molecule has 0 aliphatic heterocycles. The summed E-state index contributed by atoms with van der Waals surface area (Å²) in [4.78, 5) is 0. The van der Waals surface area contributed by atoms with Gasteiger partial charge < -0.3 is 5.11 Å². The van der Waals surface area contributed by atoms with E-state index in [1.165, 1.54) is 44.1 Å². The molecular formula is C23H25BrO. The Kier molecular flexibility index (Phi) is 3.93. The summed E-state index contributed by atoms with van der Waals surface area (Å²) in [5.41, 5.74) is 3.25. The summed E-state index contributed by atoms with van der Waals surface area (Å²) >= 11 is 3.70. The highest BCUT2D eigenvalue weighted by molar-refractivity contribution is 9.10. The molecule has 130 valence electrons. The molecule has 1 nitrogen and oxygen atoms in total. The molecule has 1 N–H and O–H groups in total. The van der Waals surface area contributed by atoms with Crippen molar-refractivity contribution in [3.63, 3.8) is 0 Å². The highest BCUT2D eigenvalue weighted by Gasteiger charge is 2.53. The van der Waals surface area contributed by atoms with Crippen molar-refractivity contribution in [1.29, 1.82) is 0 Å². The molecule has 0 amide bonds. The van der Waals surface area contributed by atoms with Crippen LogP contribution in [0, 0.1) is 23.7 Å². The van der Waals surface area contributed by atoms with Gasteiger partial charge in [-0.2, -0.15) is 0 Å². The zero-order valence-electron chi connectivity index (χ0n) is 14.5. The number of phenolic OH excluding ortho intramolecular Hbond substituents is 1. The number of benzene rings is 2. The van der Waals surface area contributed by atoms with Crippen LogP contribution >= 0.6 is 15.9 Å². The second-order valence-corrected chi connectivity index (χ2v) is 9.29. The van der Waals surface area contributed by atoms with Gasteiger partial charge in [0.25, 0.3) is 0 Å². The molecule has 2 aromatic rings. The van der Waals surface area contributed by atoms with Crippen LogP contribution in [0.15, 0.2) is 46.9 Å². The monoisotopic (exact) mass is 396 g/mol. The van der Waals surface area contributed by atoms with Gasteiger partial charge in [0.05, 0.1) is 0 Å². The highest BCUT2D eigenvalue weighted by Crippen LogP contribution is 2.63. The largest absolute Gasteiger partial charge is 0.507 e. The van der Waals surface area contributed by atoms with E-state index in [1.54, 1.807) is 0 Å². The third kappa shape index (κ3) is 2.56. The van der Waals surface area contributed by atoms with Gasteiger partial charge in [-0.1, -0.05) is 59.1 Å². The SMILES string of the molecule is Oc1c(-c2ccccc2)cc(Br)cc1C1CC2CC1C1CCCCC21. The summed E-state index contributed by atoms with van der Waals surface area (Å²) in [5, 5.41) is 11.1. The molecule has 0 radical (unpaired) electrons. The Labute approximate surface area is 158 Å². The molecule has 0 spiro atoms. The van der Waals surface area contributed by atoms with Crippen molar-refractivity contribution in [2.24, 2.45) is 23.7 Å². The maximum atomic E-state index is 11.1. The molecule has 5 atom stereocenters. The Bertz CT molecular complexity index is 784. The predicted molar refractivity (Wildman–Crippen MR) is 106 cm³/mol. The molecule has 5 unspecified atom stereocenters. The van der Waals surface area contributed by atoms with Crippen LogP contribution in [0.4, 0.5) is 0 Å². The van der Waals surface area contributed by atoms with Gasteiger partial charge in [-0.15, -0.1) is 0 Å². The number of halogens is 1.